The maximum atomic E-state index is 11.0. The van der Waals surface area contributed by atoms with Crippen molar-refractivity contribution in [1.82, 2.24) is 0 Å². The molecule has 0 bridgehead atoms. The maximum Gasteiger partial charge on any atom is 0.185 e. The second-order valence-corrected chi connectivity index (χ2v) is 4.79. The number of carbonyl (C=O) groups excluding carboxylic acids is 1. The van der Waals surface area contributed by atoms with Crippen LogP contribution in [0.3, 0.4) is 0 Å². The number of methoxy groups -OCH3 is 1. The first-order chi connectivity index (χ1) is 9.81. The molecular formula is C16H14O3S. The molecule has 20 heavy (non-hydrogen) atoms. The molecule has 0 aliphatic carbocycles. The molecule has 0 N–H and O–H groups in total. The molecular weight excluding hydrogens is 272 g/mol. The summed E-state index contributed by atoms with van der Waals surface area (Å²) in [5, 5.41) is 1.69. The summed E-state index contributed by atoms with van der Waals surface area (Å²) in [7, 11) is 1.60. The Hall–Kier alpha value is -2.20. The van der Waals surface area contributed by atoms with Crippen molar-refractivity contribution in [3.05, 3.63) is 65.8 Å². The number of aldehydes is 1. The van der Waals surface area contributed by atoms with Crippen LogP contribution in [0, 0.1) is 0 Å². The Bertz CT molecular complexity index is 576. The third kappa shape index (κ3) is 4.17. The van der Waals surface area contributed by atoms with E-state index < -0.39 is 0 Å². The van der Waals surface area contributed by atoms with Crippen molar-refractivity contribution in [3.63, 3.8) is 0 Å². The zero-order chi connectivity index (χ0) is 14.2. The minimum atomic E-state index is 0.268. The molecule has 0 aromatic heterocycles. The minimum Gasteiger partial charge on any atom is -0.497 e. The van der Waals surface area contributed by atoms with Crippen molar-refractivity contribution < 1.29 is 14.3 Å². The van der Waals surface area contributed by atoms with Crippen LogP contribution in [-0.2, 0) is 4.79 Å². The van der Waals surface area contributed by atoms with Gasteiger partial charge in [0.1, 0.15) is 11.5 Å². The summed E-state index contributed by atoms with van der Waals surface area (Å²) in [6, 6.07) is 16.8. The highest BCUT2D eigenvalue weighted by Crippen LogP contribution is 2.22. The van der Waals surface area contributed by atoms with Gasteiger partial charge in [0.25, 0.3) is 0 Å². The molecule has 0 radical (unpaired) electrons. The van der Waals surface area contributed by atoms with Crippen molar-refractivity contribution in [2.45, 2.75) is 4.90 Å². The summed E-state index contributed by atoms with van der Waals surface area (Å²) in [5.74, 6) is 1.61. The Morgan fingerprint density at radius 1 is 1.00 bits per heavy atom. The van der Waals surface area contributed by atoms with Crippen LogP contribution >= 0.6 is 11.8 Å². The van der Waals surface area contributed by atoms with Gasteiger partial charge < -0.3 is 9.47 Å². The Kier molecular flexibility index (Phi) is 5.26. The van der Waals surface area contributed by atoms with E-state index in [4.69, 9.17) is 9.47 Å². The fourth-order valence-corrected chi connectivity index (χ4v) is 2.15. The van der Waals surface area contributed by atoms with E-state index in [-0.39, 0.29) is 5.76 Å². The zero-order valence-electron chi connectivity index (χ0n) is 11.0. The van der Waals surface area contributed by atoms with E-state index in [0.717, 1.165) is 10.6 Å². The van der Waals surface area contributed by atoms with Crippen LogP contribution in [0.5, 0.6) is 11.5 Å². The minimum absolute atomic E-state index is 0.268. The lowest BCUT2D eigenvalue weighted by molar-refractivity contribution is -0.106. The SMILES string of the molecule is COc1ccc(O/C(C=O)=C\Sc2ccccc2)cc1. The predicted octanol–water partition coefficient (Wildman–Crippen LogP) is 3.91. The molecule has 0 unspecified atom stereocenters. The van der Waals surface area contributed by atoms with Crippen LogP contribution < -0.4 is 9.47 Å². The molecule has 2 aromatic carbocycles. The third-order valence-corrected chi connectivity index (χ3v) is 3.36. The Labute approximate surface area is 122 Å². The van der Waals surface area contributed by atoms with Gasteiger partial charge in [0, 0.05) is 10.3 Å². The molecule has 0 amide bonds. The van der Waals surface area contributed by atoms with Gasteiger partial charge in [0.2, 0.25) is 0 Å². The van der Waals surface area contributed by atoms with E-state index in [1.54, 1.807) is 36.8 Å². The highest BCUT2D eigenvalue weighted by molar-refractivity contribution is 8.02. The lowest BCUT2D eigenvalue weighted by Gasteiger charge is -2.05. The lowest BCUT2D eigenvalue weighted by atomic mass is 10.3. The van der Waals surface area contributed by atoms with Gasteiger partial charge in [-0.2, -0.15) is 0 Å². The standard InChI is InChI=1S/C16H14O3S/c1-18-13-7-9-14(10-8-13)19-15(11-17)12-20-16-5-3-2-4-6-16/h2-12H,1H3/b15-12-. The molecule has 0 spiro atoms. The average Bonchev–Trinajstić information content (AvgIpc) is 2.53. The first-order valence-corrected chi connectivity index (χ1v) is 6.89. The number of rotatable bonds is 6. The van der Waals surface area contributed by atoms with Gasteiger partial charge in [-0.3, -0.25) is 4.79 Å². The molecule has 0 heterocycles. The Morgan fingerprint density at radius 2 is 1.65 bits per heavy atom. The van der Waals surface area contributed by atoms with Crippen molar-refractivity contribution in [2.24, 2.45) is 0 Å². The third-order valence-electron chi connectivity index (χ3n) is 2.47. The Morgan fingerprint density at radius 3 is 2.25 bits per heavy atom. The summed E-state index contributed by atoms with van der Waals surface area (Å²) < 4.78 is 10.6. The quantitative estimate of drug-likeness (QED) is 0.349. The molecule has 2 rings (SSSR count). The van der Waals surface area contributed by atoms with Crippen LogP contribution in [0.4, 0.5) is 0 Å². The molecule has 0 aliphatic rings. The molecule has 0 saturated carbocycles. The molecule has 102 valence electrons. The molecule has 0 atom stereocenters. The summed E-state index contributed by atoms with van der Waals surface area (Å²) in [4.78, 5) is 12.1. The van der Waals surface area contributed by atoms with Gasteiger partial charge in [0.05, 0.1) is 7.11 Å². The monoisotopic (exact) mass is 286 g/mol. The second-order valence-electron chi connectivity index (χ2n) is 3.85. The number of hydrogen-bond acceptors (Lipinski definition) is 4. The smallest absolute Gasteiger partial charge is 0.185 e. The predicted molar refractivity (Wildman–Crippen MR) is 80.1 cm³/mol. The van der Waals surface area contributed by atoms with E-state index in [9.17, 15) is 4.79 Å². The fourth-order valence-electron chi connectivity index (χ4n) is 1.48. The van der Waals surface area contributed by atoms with Crippen LogP contribution in [0.2, 0.25) is 0 Å². The largest absolute Gasteiger partial charge is 0.497 e. The average molecular weight is 286 g/mol. The zero-order valence-corrected chi connectivity index (χ0v) is 11.8. The summed E-state index contributed by atoms with van der Waals surface area (Å²) >= 11 is 1.44. The molecule has 0 aliphatic heterocycles. The number of carbonyl (C=O) groups is 1. The normalized spacial score (nSPS) is 10.9. The summed E-state index contributed by atoms with van der Waals surface area (Å²) in [5.41, 5.74) is 0. The van der Waals surface area contributed by atoms with Gasteiger partial charge in [-0.25, -0.2) is 0 Å². The first-order valence-electron chi connectivity index (χ1n) is 6.01. The molecule has 0 saturated heterocycles. The van der Waals surface area contributed by atoms with Gasteiger partial charge in [-0.1, -0.05) is 30.0 Å². The number of thioether (sulfide) groups is 1. The van der Waals surface area contributed by atoms with Crippen molar-refractivity contribution in [3.8, 4) is 11.5 Å². The second kappa shape index (κ2) is 7.40. The number of benzene rings is 2. The van der Waals surface area contributed by atoms with E-state index in [2.05, 4.69) is 0 Å². The highest BCUT2D eigenvalue weighted by atomic mass is 32.2. The summed E-state index contributed by atoms with van der Waals surface area (Å²) in [6.45, 7) is 0. The van der Waals surface area contributed by atoms with Crippen LogP contribution in [0.15, 0.2) is 70.7 Å². The highest BCUT2D eigenvalue weighted by Gasteiger charge is 2.01. The van der Waals surface area contributed by atoms with Crippen LogP contribution in [0.25, 0.3) is 0 Å². The molecule has 4 heteroatoms. The van der Waals surface area contributed by atoms with E-state index in [1.165, 1.54) is 11.8 Å². The van der Waals surface area contributed by atoms with Crippen LogP contribution in [0.1, 0.15) is 0 Å². The lowest BCUT2D eigenvalue weighted by Crippen LogP contribution is -1.95. The number of hydrogen-bond donors (Lipinski definition) is 0. The van der Waals surface area contributed by atoms with Gasteiger partial charge >= 0.3 is 0 Å². The molecule has 0 fully saturated rings. The van der Waals surface area contributed by atoms with Gasteiger partial charge in [-0.15, -0.1) is 0 Å². The van der Waals surface area contributed by atoms with Gasteiger partial charge in [0.15, 0.2) is 12.0 Å². The first kappa shape index (κ1) is 14.2. The van der Waals surface area contributed by atoms with E-state index in [1.807, 2.05) is 30.3 Å². The van der Waals surface area contributed by atoms with Crippen molar-refractivity contribution in [1.29, 1.82) is 0 Å². The van der Waals surface area contributed by atoms with E-state index in [0.29, 0.717) is 12.0 Å². The van der Waals surface area contributed by atoms with Crippen molar-refractivity contribution >= 4 is 18.0 Å². The summed E-state index contributed by atoms with van der Waals surface area (Å²) in [6.07, 6.45) is 0.695. The number of allylic oxidation sites excluding steroid dienone is 1. The van der Waals surface area contributed by atoms with E-state index >= 15 is 0 Å². The fraction of sp³-hybridized carbons (Fsp3) is 0.0625. The molecule has 3 nitrogen and oxygen atoms in total. The van der Waals surface area contributed by atoms with Crippen molar-refractivity contribution in [2.75, 3.05) is 7.11 Å². The number of ether oxygens (including phenoxy) is 2. The van der Waals surface area contributed by atoms with Crippen LogP contribution in [-0.4, -0.2) is 13.4 Å². The maximum absolute atomic E-state index is 11.0. The topological polar surface area (TPSA) is 35.5 Å². The molecule has 2 aromatic rings. The Balaban J connectivity index is 2.02. The van der Waals surface area contributed by atoms with Gasteiger partial charge in [-0.05, 0) is 36.4 Å².